The average molecular weight is 376 g/mol. The molecule has 113 valence electrons. The van der Waals surface area contributed by atoms with Gasteiger partial charge >= 0.3 is 98.3 Å². The Morgan fingerprint density at radius 1 is 1.00 bits per heavy atom. The number of rotatable bonds is 10. The van der Waals surface area contributed by atoms with Crippen LogP contribution in [0.2, 0.25) is 13.3 Å². The molecule has 19 heavy (non-hydrogen) atoms. The molecule has 0 saturated heterocycles. The first-order valence-electron chi connectivity index (χ1n) is 7.73. The van der Waals surface area contributed by atoms with E-state index < -0.39 is 19.8 Å². The molecule has 3 heteroatoms. The first-order valence-corrected chi connectivity index (χ1v) is 13.8. The molecule has 0 aromatic carbocycles. The number of hydrogen-bond donors (Lipinski definition) is 0. The standard InChI is InChI=1S/C4H6O2.3C4H9.Sn/c1-3-6-4(2)5;3*1-3-4-2;/h3H,1H2,2H3;3*1,3-4H2,2H3;. The molecule has 0 bridgehead atoms. The van der Waals surface area contributed by atoms with E-state index in [1.165, 1.54) is 45.4 Å². The van der Waals surface area contributed by atoms with Crippen molar-refractivity contribution < 1.29 is 9.53 Å². The maximum absolute atomic E-state index is 9.75. The zero-order valence-corrected chi connectivity index (χ0v) is 16.3. The molecule has 0 unspecified atom stereocenters. The van der Waals surface area contributed by atoms with Crippen molar-refractivity contribution in [3.05, 3.63) is 12.8 Å². The fraction of sp³-hybridized carbons (Fsp3) is 0.812. The summed E-state index contributed by atoms with van der Waals surface area (Å²) in [5.74, 6) is -0.329. The molecule has 1 radical (unpaired) electrons. The van der Waals surface area contributed by atoms with Crippen molar-refractivity contribution in [1.82, 2.24) is 0 Å². The van der Waals surface area contributed by atoms with Gasteiger partial charge in [-0.1, -0.05) is 6.58 Å². The van der Waals surface area contributed by atoms with Crippen molar-refractivity contribution >= 4 is 25.7 Å². The number of carbonyl (C=O) groups excluding carboxylic acids is 1. The monoisotopic (exact) mass is 377 g/mol. The summed E-state index contributed by atoms with van der Waals surface area (Å²) in [5.41, 5.74) is 0. The van der Waals surface area contributed by atoms with Gasteiger partial charge in [-0.05, 0) is 0 Å². The molecule has 0 amide bonds. The second-order valence-corrected chi connectivity index (χ2v) is 13.4. The van der Waals surface area contributed by atoms with Crippen LogP contribution in [0.5, 0.6) is 0 Å². The van der Waals surface area contributed by atoms with Gasteiger partial charge in [0.15, 0.2) is 0 Å². The Bertz CT molecular complexity index is 186. The number of ether oxygens (including phenoxy) is 1. The topological polar surface area (TPSA) is 26.3 Å². The first-order chi connectivity index (χ1) is 9.12. The van der Waals surface area contributed by atoms with Crippen molar-refractivity contribution in [2.75, 3.05) is 0 Å². The van der Waals surface area contributed by atoms with E-state index in [2.05, 4.69) is 32.1 Å². The Kier molecular flexibility index (Phi) is 20.2. The van der Waals surface area contributed by atoms with Crippen LogP contribution in [0.15, 0.2) is 12.8 Å². The third-order valence-corrected chi connectivity index (χ3v) is 12.0. The van der Waals surface area contributed by atoms with E-state index in [1.807, 2.05) is 0 Å². The molecule has 0 rings (SSSR count). The van der Waals surface area contributed by atoms with Gasteiger partial charge in [0, 0.05) is 6.92 Å². The molecule has 0 fully saturated rings. The molecule has 0 heterocycles. The Morgan fingerprint density at radius 2 is 1.37 bits per heavy atom. The summed E-state index contributed by atoms with van der Waals surface area (Å²) >= 11 is -0.839. The number of unbranched alkanes of at least 4 members (excludes halogenated alkanes) is 3. The van der Waals surface area contributed by atoms with Gasteiger partial charge in [0.25, 0.3) is 0 Å². The van der Waals surface area contributed by atoms with Crippen LogP contribution >= 0.6 is 0 Å². The van der Waals surface area contributed by atoms with Gasteiger partial charge in [0.05, 0.1) is 6.26 Å². The van der Waals surface area contributed by atoms with E-state index in [9.17, 15) is 4.79 Å². The second kappa shape index (κ2) is 18.0. The predicted molar refractivity (Wildman–Crippen MR) is 86.9 cm³/mol. The van der Waals surface area contributed by atoms with Crippen molar-refractivity contribution in [1.29, 1.82) is 0 Å². The van der Waals surface area contributed by atoms with Crippen LogP contribution in [-0.2, 0) is 9.53 Å². The minimum atomic E-state index is -0.839. The molecule has 0 aliphatic heterocycles. The summed E-state index contributed by atoms with van der Waals surface area (Å²) in [4.78, 5) is 9.75. The zero-order valence-electron chi connectivity index (χ0n) is 13.5. The third-order valence-electron chi connectivity index (χ3n) is 2.90. The van der Waals surface area contributed by atoms with Crippen LogP contribution in [0.1, 0.15) is 66.2 Å². The predicted octanol–water partition coefficient (Wildman–Crippen LogP) is 5.57. The molecule has 0 N–H and O–H groups in total. The van der Waals surface area contributed by atoms with Gasteiger partial charge in [-0.15, -0.1) is 0 Å². The van der Waals surface area contributed by atoms with Crippen molar-refractivity contribution in [3.8, 4) is 0 Å². The molecule has 0 atom stereocenters. The summed E-state index contributed by atoms with van der Waals surface area (Å²) in [6.07, 6.45) is 9.95. The minimum absolute atomic E-state index is 0.329. The Hall–Kier alpha value is 0.00870. The van der Waals surface area contributed by atoms with Gasteiger partial charge < -0.3 is 4.74 Å². The van der Waals surface area contributed by atoms with Gasteiger partial charge in [0.1, 0.15) is 0 Å². The van der Waals surface area contributed by atoms with E-state index in [0.29, 0.717) is 0 Å². The molecular weight excluding hydrogens is 343 g/mol. The van der Waals surface area contributed by atoms with E-state index in [-0.39, 0.29) is 5.97 Å². The first kappa shape index (κ1) is 21.3. The van der Waals surface area contributed by atoms with Gasteiger partial charge in [-0.2, -0.15) is 0 Å². The molecule has 0 aliphatic rings. The molecule has 0 aliphatic carbocycles. The molecule has 0 aromatic rings. The van der Waals surface area contributed by atoms with Gasteiger partial charge in [0.2, 0.25) is 0 Å². The van der Waals surface area contributed by atoms with Crippen LogP contribution in [0.4, 0.5) is 0 Å². The fourth-order valence-electron chi connectivity index (χ4n) is 1.77. The van der Waals surface area contributed by atoms with Gasteiger partial charge in [-0.25, -0.2) is 0 Å². The Labute approximate surface area is 127 Å². The number of hydrogen-bond acceptors (Lipinski definition) is 2. The molecule has 2 nitrogen and oxygen atoms in total. The molecule has 0 saturated carbocycles. The van der Waals surface area contributed by atoms with Crippen LogP contribution < -0.4 is 0 Å². The second-order valence-electron chi connectivity index (χ2n) is 4.84. The number of carbonyl (C=O) groups is 1. The van der Waals surface area contributed by atoms with Crippen LogP contribution in [-0.4, -0.2) is 25.7 Å². The molecule has 0 spiro atoms. The summed E-state index contributed by atoms with van der Waals surface area (Å²) in [6.45, 7) is 11.5. The van der Waals surface area contributed by atoms with Crippen molar-refractivity contribution in [3.63, 3.8) is 0 Å². The fourth-order valence-corrected chi connectivity index (χ4v) is 11.2. The van der Waals surface area contributed by atoms with Crippen molar-refractivity contribution in [2.24, 2.45) is 0 Å². The SMILES string of the molecule is C=COC(C)=O.CCC[CH2][Sn]([CH2]CCC)[CH2]CCC. The van der Waals surface area contributed by atoms with Crippen molar-refractivity contribution in [2.45, 2.75) is 79.5 Å². The maximum atomic E-state index is 9.75. The van der Waals surface area contributed by atoms with Crippen LogP contribution in [0.3, 0.4) is 0 Å². The Balaban J connectivity index is 0. The molecular formula is C16H33O2Sn. The van der Waals surface area contributed by atoms with Crippen LogP contribution in [0.25, 0.3) is 0 Å². The summed E-state index contributed by atoms with van der Waals surface area (Å²) in [6, 6.07) is 0. The summed E-state index contributed by atoms with van der Waals surface area (Å²) in [5, 5.41) is 0. The zero-order chi connectivity index (χ0) is 14.9. The normalized spacial score (nSPS) is 9.74. The van der Waals surface area contributed by atoms with E-state index >= 15 is 0 Å². The Morgan fingerprint density at radius 3 is 1.53 bits per heavy atom. The quantitative estimate of drug-likeness (QED) is 0.283. The summed E-state index contributed by atoms with van der Waals surface area (Å²) < 4.78 is 9.20. The van der Waals surface area contributed by atoms with Gasteiger partial charge in [-0.3, -0.25) is 4.79 Å². The van der Waals surface area contributed by atoms with Crippen LogP contribution in [0, 0.1) is 0 Å². The summed E-state index contributed by atoms with van der Waals surface area (Å²) in [7, 11) is 0. The van der Waals surface area contributed by atoms with E-state index in [1.54, 1.807) is 13.3 Å². The average Bonchev–Trinajstić information content (AvgIpc) is 2.38. The van der Waals surface area contributed by atoms with E-state index in [4.69, 9.17) is 0 Å². The third kappa shape index (κ3) is 20.5. The number of esters is 1. The molecule has 0 aromatic heterocycles. The van der Waals surface area contributed by atoms with E-state index in [0.717, 1.165) is 6.26 Å².